The van der Waals surface area contributed by atoms with Gasteiger partial charge in [0.2, 0.25) is 0 Å². The SMILES string of the molecule is CCC(=S)N1CC(=C(C)C)C1=O. The number of carbonyl (C=O) groups is 1. The van der Waals surface area contributed by atoms with Crippen LogP contribution in [0.15, 0.2) is 11.1 Å². The first-order chi connectivity index (χ1) is 5.57. The van der Waals surface area contributed by atoms with E-state index in [0.717, 1.165) is 22.6 Å². The van der Waals surface area contributed by atoms with Crippen molar-refractivity contribution in [2.24, 2.45) is 0 Å². The molecule has 1 aliphatic heterocycles. The molecule has 1 fully saturated rings. The van der Waals surface area contributed by atoms with Crippen molar-refractivity contribution < 1.29 is 4.79 Å². The number of hydrogen-bond acceptors (Lipinski definition) is 2. The van der Waals surface area contributed by atoms with Crippen molar-refractivity contribution in [2.75, 3.05) is 6.54 Å². The summed E-state index contributed by atoms with van der Waals surface area (Å²) in [6, 6.07) is 0. The zero-order valence-corrected chi connectivity index (χ0v) is 8.49. The van der Waals surface area contributed by atoms with Crippen LogP contribution in [-0.4, -0.2) is 22.3 Å². The fourth-order valence-electron chi connectivity index (χ4n) is 1.13. The third-order valence-electron chi connectivity index (χ3n) is 2.03. The van der Waals surface area contributed by atoms with Crippen molar-refractivity contribution in [2.45, 2.75) is 27.2 Å². The van der Waals surface area contributed by atoms with Gasteiger partial charge in [-0.2, -0.15) is 0 Å². The lowest BCUT2D eigenvalue weighted by Gasteiger charge is -2.34. The summed E-state index contributed by atoms with van der Waals surface area (Å²) in [5.41, 5.74) is 2.03. The number of hydrogen-bond donors (Lipinski definition) is 0. The molecule has 0 unspecified atom stereocenters. The van der Waals surface area contributed by atoms with Crippen LogP contribution in [-0.2, 0) is 4.79 Å². The topological polar surface area (TPSA) is 20.3 Å². The third kappa shape index (κ3) is 1.41. The van der Waals surface area contributed by atoms with E-state index >= 15 is 0 Å². The molecule has 0 aliphatic carbocycles. The van der Waals surface area contributed by atoms with Gasteiger partial charge in [-0.25, -0.2) is 0 Å². The second-order valence-electron chi connectivity index (χ2n) is 3.12. The van der Waals surface area contributed by atoms with Crippen LogP contribution in [0.2, 0.25) is 0 Å². The van der Waals surface area contributed by atoms with Gasteiger partial charge in [0.1, 0.15) is 0 Å². The summed E-state index contributed by atoms with van der Waals surface area (Å²) >= 11 is 5.03. The van der Waals surface area contributed by atoms with Crippen LogP contribution in [0.1, 0.15) is 27.2 Å². The molecule has 0 aromatic carbocycles. The molecule has 1 heterocycles. The van der Waals surface area contributed by atoms with E-state index in [0.29, 0.717) is 6.54 Å². The van der Waals surface area contributed by atoms with Gasteiger partial charge in [0.25, 0.3) is 5.91 Å². The summed E-state index contributed by atoms with van der Waals surface area (Å²) in [7, 11) is 0. The molecular weight excluding hydrogens is 170 g/mol. The Labute approximate surface area is 78.2 Å². The zero-order chi connectivity index (χ0) is 9.30. The molecule has 0 saturated carbocycles. The number of amides is 1. The van der Waals surface area contributed by atoms with Crippen molar-refractivity contribution >= 4 is 23.1 Å². The molecule has 0 N–H and O–H groups in total. The van der Waals surface area contributed by atoms with Crippen molar-refractivity contribution in [1.82, 2.24) is 4.90 Å². The maximum Gasteiger partial charge on any atom is 0.256 e. The molecule has 1 amide bonds. The summed E-state index contributed by atoms with van der Waals surface area (Å²) in [4.78, 5) is 13.8. The molecule has 0 spiro atoms. The highest BCUT2D eigenvalue weighted by Crippen LogP contribution is 2.21. The largest absolute Gasteiger partial charge is 0.298 e. The van der Waals surface area contributed by atoms with Crippen LogP contribution < -0.4 is 0 Å². The van der Waals surface area contributed by atoms with Gasteiger partial charge in [-0.05, 0) is 20.3 Å². The van der Waals surface area contributed by atoms with Gasteiger partial charge < -0.3 is 0 Å². The van der Waals surface area contributed by atoms with Crippen molar-refractivity contribution in [3.05, 3.63) is 11.1 Å². The van der Waals surface area contributed by atoms with Crippen molar-refractivity contribution in [3.8, 4) is 0 Å². The van der Waals surface area contributed by atoms with Crippen LogP contribution in [0.3, 0.4) is 0 Å². The number of thiocarbonyl (C=S) groups is 1. The third-order valence-corrected chi connectivity index (χ3v) is 2.54. The first-order valence-electron chi connectivity index (χ1n) is 4.09. The zero-order valence-electron chi connectivity index (χ0n) is 7.68. The van der Waals surface area contributed by atoms with Crippen molar-refractivity contribution in [3.63, 3.8) is 0 Å². The molecule has 0 bridgehead atoms. The monoisotopic (exact) mass is 183 g/mol. The predicted molar refractivity (Wildman–Crippen MR) is 53.0 cm³/mol. The lowest BCUT2D eigenvalue weighted by molar-refractivity contribution is -0.128. The van der Waals surface area contributed by atoms with Gasteiger partial charge in [0.15, 0.2) is 0 Å². The van der Waals surface area contributed by atoms with Gasteiger partial charge in [-0.3, -0.25) is 9.69 Å². The van der Waals surface area contributed by atoms with Crippen LogP contribution in [0.5, 0.6) is 0 Å². The second-order valence-corrected chi connectivity index (χ2v) is 3.59. The summed E-state index contributed by atoms with van der Waals surface area (Å²) in [5, 5.41) is 0. The molecule has 1 saturated heterocycles. The minimum absolute atomic E-state index is 0.0989. The molecule has 1 rings (SSSR count). The first kappa shape index (κ1) is 9.39. The minimum atomic E-state index is 0.0989. The van der Waals surface area contributed by atoms with E-state index < -0.39 is 0 Å². The molecular formula is C9H13NOS. The maximum atomic E-state index is 11.4. The average molecular weight is 183 g/mol. The van der Waals surface area contributed by atoms with E-state index in [1.807, 2.05) is 20.8 Å². The number of carbonyl (C=O) groups excluding carboxylic acids is 1. The van der Waals surface area contributed by atoms with Crippen LogP contribution in [0.25, 0.3) is 0 Å². The van der Waals surface area contributed by atoms with E-state index in [-0.39, 0.29) is 5.91 Å². The fraction of sp³-hybridized carbons (Fsp3) is 0.556. The van der Waals surface area contributed by atoms with E-state index in [4.69, 9.17) is 12.2 Å². The Kier molecular flexibility index (Phi) is 2.62. The summed E-state index contributed by atoms with van der Waals surface area (Å²) in [6.45, 7) is 6.60. The van der Waals surface area contributed by atoms with Gasteiger partial charge in [0, 0.05) is 5.57 Å². The van der Waals surface area contributed by atoms with E-state index in [1.165, 1.54) is 0 Å². The van der Waals surface area contributed by atoms with Gasteiger partial charge >= 0.3 is 0 Å². The van der Waals surface area contributed by atoms with E-state index in [9.17, 15) is 4.79 Å². The Morgan fingerprint density at radius 2 is 2.17 bits per heavy atom. The highest BCUT2D eigenvalue weighted by Gasteiger charge is 2.32. The number of rotatable bonds is 1. The second kappa shape index (κ2) is 3.35. The molecule has 66 valence electrons. The normalized spacial score (nSPS) is 16.1. The number of nitrogens with zero attached hydrogens (tertiary/aromatic N) is 1. The van der Waals surface area contributed by atoms with Crippen LogP contribution in [0, 0.1) is 0 Å². The number of allylic oxidation sites excluding steroid dienone is 1. The molecule has 0 radical (unpaired) electrons. The molecule has 0 atom stereocenters. The smallest absolute Gasteiger partial charge is 0.256 e. The van der Waals surface area contributed by atoms with Gasteiger partial charge in [-0.1, -0.05) is 24.7 Å². The average Bonchev–Trinajstić information content (AvgIpc) is 2.00. The van der Waals surface area contributed by atoms with Crippen molar-refractivity contribution in [1.29, 1.82) is 0 Å². The Hall–Kier alpha value is -0.700. The Balaban J connectivity index is 2.67. The molecule has 3 heteroatoms. The Morgan fingerprint density at radius 3 is 2.50 bits per heavy atom. The first-order valence-corrected chi connectivity index (χ1v) is 4.49. The number of likely N-dealkylation sites (tertiary alicyclic amines) is 1. The van der Waals surface area contributed by atoms with Gasteiger partial charge in [0.05, 0.1) is 11.5 Å². The highest BCUT2D eigenvalue weighted by molar-refractivity contribution is 7.80. The highest BCUT2D eigenvalue weighted by atomic mass is 32.1. The summed E-state index contributed by atoms with van der Waals surface area (Å²) in [6.07, 6.45) is 0.775. The quantitative estimate of drug-likeness (QED) is 0.351. The van der Waals surface area contributed by atoms with Crippen LogP contribution in [0.4, 0.5) is 0 Å². The number of β-lactam (4-membered cyclic amide) rings is 1. The standard InChI is InChI=1S/C9H13NOS/c1-4-8(12)10-5-7(6(2)3)9(10)11/h4-5H2,1-3H3. The molecule has 1 aliphatic rings. The summed E-state index contributed by atoms with van der Waals surface area (Å²) < 4.78 is 0. The summed E-state index contributed by atoms with van der Waals surface area (Å²) in [5.74, 6) is 0.0989. The Morgan fingerprint density at radius 1 is 1.58 bits per heavy atom. The van der Waals surface area contributed by atoms with E-state index in [1.54, 1.807) is 4.90 Å². The lowest BCUT2D eigenvalue weighted by Crippen LogP contribution is -2.49. The lowest BCUT2D eigenvalue weighted by atomic mass is 10.0. The maximum absolute atomic E-state index is 11.4. The molecule has 2 nitrogen and oxygen atoms in total. The molecule has 12 heavy (non-hydrogen) atoms. The fourth-order valence-corrected chi connectivity index (χ4v) is 1.28. The van der Waals surface area contributed by atoms with Gasteiger partial charge in [-0.15, -0.1) is 0 Å². The molecule has 0 aromatic heterocycles. The minimum Gasteiger partial charge on any atom is -0.298 e. The predicted octanol–water partition coefficient (Wildman–Crippen LogP) is 1.90. The Bertz CT molecular complexity index is 264. The van der Waals surface area contributed by atoms with E-state index in [2.05, 4.69) is 0 Å². The van der Waals surface area contributed by atoms with Crippen LogP contribution >= 0.6 is 12.2 Å². The molecule has 0 aromatic rings.